The quantitative estimate of drug-likeness (QED) is 0.318. The van der Waals surface area contributed by atoms with Crippen molar-refractivity contribution in [1.82, 2.24) is 0 Å². The molecule has 10 heteroatoms. The summed E-state index contributed by atoms with van der Waals surface area (Å²) in [5, 5.41) is 53.9. The van der Waals surface area contributed by atoms with E-state index in [9.17, 15) is 39.9 Å². The summed E-state index contributed by atoms with van der Waals surface area (Å²) < 4.78 is 0.509. The van der Waals surface area contributed by atoms with Crippen molar-refractivity contribution in [3.8, 4) is 5.75 Å². The minimum Gasteiger partial charge on any atom is -0.508 e. The lowest BCUT2D eigenvalue weighted by molar-refractivity contribution is -0.160. The van der Waals surface area contributed by atoms with Gasteiger partial charge in [-0.1, -0.05) is 22.9 Å². The van der Waals surface area contributed by atoms with Crippen molar-refractivity contribution in [1.29, 1.82) is 0 Å². The zero-order valence-electron chi connectivity index (χ0n) is 15.6. The molecule has 0 heterocycles. The summed E-state index contributed by atoms with van der Waals surface area (Å²) in [5.41, 5.74) is 1.41. The summed E-state index contributed by atoms with van der Waals surface area (Å²) in [7, 11) is 0. The molecule has 3 aliphatic rings. The predicted molar refractivity (Wildman–Crippen MR) is 105 cm³/mol. The Balaban J connectivity index is 2.02. The number of benzene rings is 1. The monoisotopic (exact) mass is 479 g/mol. The van der Waals surface area contributed by atoms with E-state index in [4.69, 9.17) is 5.73 Å². The van der Waals surface area contributed by atoms with E-state index in [-0.39, 0.29) is 11.3 Å². The van der Waals surface area contributed by atoms with Crippen molar-refractivity contribution in [2.24, 2.45) is 17.6 Å². The Labute approximate surface area is 178 Å². The Hall–Kier alpha value is -2.69. The first-order chi connectivity index (χ1) is 13.9. The van der Waals surface area contributed by atoms with E-state index in [0.29, 0.717) is 10.0 Å². The number of aliphatic hydroxyl groups is 4. The molecular weight excluding hydrogens is 462 g/mol. The number of carbonyl (C=O) groups is 3. The molecule has 4 rings (SSSR count). The molecule has 1 aromatic carbocycles. The van der Waals surface area contributed by atoms with Crippen LogP contribution >= 0.6 is 15.9 Å². The number of aromatic hydroxyl groups is 1. The first kappa shape index (κ1) is 20.6. The summed E-state index contributed by atoms with van der Waals surface area (Å²) in [5.74, 6) is -8.69. The Morgan fingerprint density at radius 1 is 1.23 bits per heavy atom. The first-order valence-electron chi connectivity index (χ1n) is 9.10. The molecular formula is C20H18BrNO8. The molecule has 7 N–H and O–H groups in total. The molecule has 0 spiro atoms. The zero-order chi connectivity index (χ0) is 22.3. The van der Waals surface area contributed by atoms with Crippen molar-refractivity contribution in [2.75, 3.05) is 0 Å². The summed E-state index contributed by atoms with van der Waals surface area (Å²) in [6.45, 7) is 1.66. The third-order valence-corrected chi connectivity index (χ3v) is 6.86. The largest absolute Gasteiger partial charge is 0.508 e. The van der Waals surface area contributed by atoms with E-state index in [2.05, 4.69) is 15.9 Å². The van der Waals surface area contributed by atoms with Gasteiger partial charge < -0.3 is 31.3 Å². The fraction of sp³-hybridized carbons (Fsp3) is 0.350. The SMILES string of the molecule is C[C@H]1c2cc(Br)cc(O)c2C(O)=C2C(=O)[C@]3(O)C(O)=C(C(N)=O)C(=O)C[C@@H]3[C@@H](O)[C@@H]21. The predicted octanol–water partition coefficient (Wildman–Crippen LogP) is 0.718. The smallest absolute Gasteiger partial charge is 0.255 e. The van der Waals surface area contributed by atoms with Crippen molar-refractivity contribution >= 4 is 39.2 Å². The molecule has 0 unspecified atom stereocenters. The molecule has 1 amide bonds. The van der Waals surface area contributed by atoms with E-state index in [1.165, 1.54) is 6.07 Å². The molecule has 1 fully saturated rings. The van der Waals surface area contributed by atoms with Gasteiger partial charge in [0.1, 0.15) is 22.8 Å². The molecule has 9 nitrogen and oxygen atoms in total. The standard InChI is InChI=1S/C20H18BrNO8/c1-5-7-2-6(21)3-9(23)12(7)16(26)14-11(5)15(25)8-4-10(24)13(19(22)29)17(27)20(8,30)18(14)28/h2-3,5,8,11,15,23,25-27,30H,4H2,1H3,(H2,22,29)/t5-,8+,11+,15+,20+/m0/s1. The molecule has 158 valence electrons. The Bertz CT molecular complexity index is 1110. The summed E-state index contributed by atoms with van der Waals surface area (Å²) in [6, 6.07) is 2.94. The molecule has 1 saturated carbocycles. The number of phenols is 1. The van der Waals surface area contributed by atoms with Gasteiger partial charge >= 0.3 is 0 Å². The average molecular weight is 480 g/mol. The number of halogens is 1. The number of carbonyl (C=O) groups excluding carboxylic acids is 3. The fourth-order valence-corrected chi connectivity index (χ4v) is 5.46. The average Bonchev–Trinajstić information content (AvgIpc) is 2.64. The Morgan fingerprint density at radius 2 is 1.87 bits per heavy atom. The van der Waals surface area contributed by atoms with Crippen LogP contribution in [-0.4, -0.2) is 54.7 Å². The molecule has 30 heavy (non-hydrogen) atoms. The van der Waals surface area contributed by atoms with Crippen LogP contribution in [0, 0.1) is 11.8 Å². The van der Waals surface area contributed by atoms with Gasteiger partial charge in [-0.15, -0.1) is 0 Å². The van der Waals surface area contributed by atoms with E-state index in [1.807, 2.05) is 0 Å². The van der Waals surface area contributed by atoms with Gasteiger partial charge in [0.05, 0.1) is 11.7 Å². The topological polar surface area (TPSA) is 178 Å². The Morgan fingerprint density at radius 3 is 2.47 bits per heavy atom. The van der Waals surface area contributed by atoms with Crippen LogP contribution in [0.5, 0.6) is 5.75 Å². The number of rotatable bonds is 1. The minimum atomic E-state index is -2.82. The highest BCUT2D eigenvalue weighted by Gasteiger charge is 2.64. The van der Waals surface area contributed by atoms with Gasteiger partial charge in [0.25, 0.3) is 5.91 Å². The number of hydrogen-bond acceptors (Lipinski definition) is 8. The zero-order valence-corrected chi connectivity index (χ0v) is 17.2. The molecule has 3 aliphatic carbocycles. The van der Waals surface area contributed by atoms with Gasteiger partial charge in [-0.05, 0) is 23.6 Å². The van der Waals surface area contributed by atoms with E-state index in [0.717, 1.165) is 0 Å². The van der Waals surface area contributed by atoms with E-state index >= 15 is 0 Å². The van der Waals surface area contributed by atoms with Crippen LogP contribution in [0.25, 0.3) is 5.76 Å². The van der Waals surface area contributed by atoms with Crippen LogP contribution in [0.15, 0.2) is 33.5 Å². The third-order valence-electron chi connectivity index (χ3n) is 6.40. The number of nitrogens with two attached hydrogens (primary N) is 1. The number of aliphatic hydroxyl groups excluding tert-OH is 3. The highest BCUT2D eigenvalue weighted by molar-refractivity contribution is 9.10. The number of hydrogen-bond donors (Lipinski definition) is 6. The van der Waals surface area contributed by atoms with Gasteiger partial charge in [0.15, 0.2) is 11.4 Å². The lowest BCUT2D eigenvalue weighted by atomic mass is 9.55. The lowest BCUT2D eigenvalue weighted by Gasteiger charge is -2.50. The summed E-state index contributed by atoms with van der Waals surface area (Å²) in [6.07, 6.45) is -2.13. The lowest BCUT2D eigenvalue weighted by Crippen LogP contribution is -2.63. The van der Waals surface area contributed by atoms with Crippen molar-refractivity contribution < 1.29 is 39.9 Å². The first-order valence-corrected chi connectivity index (χ1v) is 9.90. The van der Waals surface area contributed by atoms with Gasteiger partial charge in [0.2, 0.25) is 5.78 Å². The number of fused-ring (bicyclic) bond motifs is 3. The fourth-order valence-electron chi connectivity index (χ4n) is 4.99. The third kappa shape index (κ3) is 2.38. The van der Waals surface area contributed by atoms with E-state index < -0.39 is 76.0 Å². The van der Waals surface area contributed by atoms with Gasteiger partial charge in [0, 0.05) is 28.3 Å². The second-order valence-electron chi connectivity index (χ2n) is 7.87. The van der Waals surface area contributed by atoms with Crippen LogP contribution in [0.4, 0.5) is 0 Å². The number of phenolic OH excluding ortho intramolecular Hbond substituents is 1. The number of primary amides is 1. The maximum Gasteiger partial charge on any atom is 0.255 e. The van der Waals surface area contributed by atoms with Crippen LogP contribution in [0.3, 0.4) is 0 Å². The summed E-state index contributed by atoms with van der Waals surface area (Å²) >= 11 is 3.25. The van der Waals surface area contributed by atoms with Crippen molar-refractivity contribution in [3.05, 3.63) is 44.6 Å². The molecule has 1 aromatic rings. The van der Waals surface area contributed by atoms with Gasteiger partial charge in [-0.2, -0.15) is 0 Å². The minimum absolute atomic E-state index is 0.0370. The molecule has 0 aliphatic heterocycles. The second-order valence-corrected chi connectivity index (χ2v) is 8.79. The summed E-state index contributed by atoms with van der Waals surface area (Å²) in [4.78, 5) is 37.3. The highest BCUT2D eigenvalue weighted by Crippen LogP contribution is 2.55. The molecule has 0 bridgehead atoms. The number of Topliss-reactive ketones (excluding diaryl/α,β-unsaturated/α-hetero) is 2. The van der Waals surface area contributed by atoms with Crippen LogP contribution in [-0.2, 0) is 14.4 Å². The maximum absolute atomic E-state index is 13.4. The molecule has 5 atom stereocenters. The number of amides is 1. The van der Waals surface area contributed by atoms with Crippen molar-refractivity contribution in [3.63, 3.8) is 0 Å². The Kier molecular flexibility index (Phi) is 4.39. The van der Waals surface area contributed by atoms with Crippen LogP contribution < -0.4 is 5.73 Å². The maximum atomic E-state index is 13.4. The van der Waals surface area contributed by atoms with Crippen molar-refractivity contribution in [2.45, 2.75) is 31.0 Å². The number of ketones is 2. The second kappa shape index (κ2) is 6.40. The molecule has 0 aromatic heterocycles. The normalized spacial score (nSPS) is 33.2. The van der Waals surface area contributed by atoms with Crippen LogP contribution in [0.1, 0.15) is 30.4 Å². The van der Waals surface area contributed by atoms with Gasteiger partial charge in [-0.3, -0.25) is 14.4 Å². The molecule has 0 saturated heterocycles. The molecule has 0 radical (unpaired) electrons. The van der Waals surface area contributed by atoms with Gasteiger partial charge in [-0.25, -0.2) is 0 Å². The van der Waals surface area contributed by atoms with Crippen LogP contribution in [0.2, 0.25) is 0 Å². The highest BCUT2D eigenvalue weighted by atomic mass is 79.9. The van der Waals surface area contributed by atoms with E-state index in [1.54, 1.807) is 13.0 Å².